The second-order valence-corrected chi connectivity index (χ2v) is 5.01. The van der Waals surface area contributed by atoms with Gasteiger partial charge in [0.1, 0.15) is 5.75 Å². The van der Waals surface area contributed by atoms with Gasteiger partial charge < -0.3 is 15.8 Å². The Morgan fingerprint density at radius 3 is 2.63 bits per heavy atom. The first-order chi connectivity index (χ1) is 8.95. The molecule has 0 aliphatic carbocycles. The first kappa shape index (κ1) is 15.5. The topological polar surface area (TPSA) is 64.3 Å². The highest BCUT2D eigenvalue weighted by Gasteiger charge is 2.19. The van der Waals surface area contributed by atoms with Crippen molar-refractivity contribution in [2.45, 2.75) is 39.8 Å². The molecule has 0 saturated carbocycles. The highest BCUT2D eigenvalue weighted by Crippen LogP contribution is 2.19. The molecule has 1 amide bonds. The van der Waals surface area contributed by atoms with E-state index in [1.807, 2.05) is 52.0 Å². The lowest BCUT2D eigenvalue weighted by molar-refractivity contribution is -0.123. The molecule has 2 atom stereocenters. The first-order valence-corrected chi connectivity index (χ1v) is 6.74. The number of hydrogen-bond donors (Lipinski definition) is 2. The fourth-order valence-electron chi connectivity index (χ4n) is 1.74. The minimum atomic E-state index is -0.475. The summed E-state index contributed by atoms with van der Waals surface area (Å²) < 4.78 is 5.45. The molecule has 0 aliphatic heterocycles. The number of rotatable bonds is 6. The van der Waals surface area contributed by atoms with Crippen molar-refractivity contribution in [2.24, 2.45) is 11.7 Å². The van der Waals surface area contributed by atoms with Gasteiger partial charge in [-0.1, -0.05) is 26.0 Å². The largest absolute Gasteiger partial charge is 0.494 e. The quantitative estimate of drug-likeness (QED) is 0.828. The van der Waals surface area contributed by atoms with Crippen LogP contribution in [-0.2, 0) is 4.79 Å². The normalized spacial score (nSPS) is 14.0. The molecular weight excluding hydrogens is 240 g/mol. The van der Waals surface area contributed by atoms with Gasteiger partial charge in [-0.15, -0.1) is 0 Å². The zero-order valence-corrected chi connectivity index (χ0v) is 12.1. The number of benzene rings is 1. The first-order valence-electron chi connectivity index (χ1n) is 6.74. The van der Waals surface area contributed by atoms with Crippen LogP contribution in [0.5, 0.6) is 5.75 Å². The smallest absolute Gasteiger partial charge is 0.237 e. The van der Waals surface area contributed by atoms with Crippen molar-refractivity contribution in [2.75, 3.05) is 6.61 Å². The van der Waals surface area contributed by atoms with Gasteiger partial charge in [-0.3, -0.25) is 4.79 Å². The molecule has 4 nitrogen and oxygen atoms in total. The third-order valence-electron chi connectivity index (χ3n) is 3.05. The molecule has 0 radical (unpaired) electrons. The van der Waals surface area contributed by atoms with E-state index in [2.05, 4.69) is 5.32 Å². The summed E-state index contributed by atoms with van der Waals surface area (Å²) in [4.78, 5) is 11.9. The van der Waals surface area contributed by atoms with E-state index >= 15 is 0 Å². The van der Waals surface area contributed by atoms with Crippen LogP contribution in [0.2, 0.25) is 0 Å². The van der Waals surface area contributed by atoms with E-state index in [0.29, 0.717) is 6.61 Å². The maximum atomic E-state index is 11.9. The fourth-order valence-corrected chi connectivity index (χ4v) is 1.74. The van der Waals surface area contributed by atoms with Crippen LogP contribution in [0.15, 0.2) is 24.3 Å². The van der Waals surface area contributed by atoms with Gasteiger partial charge in [0.25, 0.3) is 0 Å². The zero-order chi connectivity index (χ0) is 14.4. The molecule has 0 fully saturated rings. The number of carbonyl (C=O) groups is 1. The third-order valence-corrected chi connectivity index (χ3v) is 3.05. The van der Waals surface area contributed by atoms with Crippen molar-refractivity contribution in [3.05, 3.63) is 29.8 Å². The van der Waals surface area contributed by atoms with Crippen LogP contribution in [0.4, 0.5) is 0 Å². The number of nitrogens with one attached hydrogen (secondary N) is 1. The maximum absolute atomic E-state index is 11.9. The third kappa shape index (κ3) is 4.56. The van der Waals surface area contributed by atoms with Crippen molar-refractivity contribution in [1.82, 2.24) is 5.32 Å². The maximum Gasteiger partial charge on any atom is 0.237 e. The van der Waals surface area contributed by atoms with Crippen LogP contribution in [0, 0.1) is 5.92 Å². The Kier molecular flexibility index (Phi) is 5.83. The Labute approximate surface area is 115 Å². The molecule has 0 aromatic heterocycles. The summed E-state index contributed by atoms with van der Waals surface area (Å²) in [5.74, 6) is 0.820. The van der Waals surface area contributed by atoms with Crippen LogP contribution in [0.25, 0.3) is 0 Å². The molecule has 0 aliphatic rings. The molecule has 0 unspecified atom stereocenters. The van der Waals surface area contributed by atoms with Crippen molar-refractivity contribution < 1.29 is 9.53 Å². The summed E-state index contributed by atoms with van der Waals surface area (Å²) >= 11 is 0. The highest BCUT2D eigenvalue weighted by atomic mass is 16.5. The predicted molar refractivity (Wildman–Crippen MR) is 77.0 cm³/mol. The van der Waals surface area contributed by atoms with Crippen molar-refractivity contribution in [3.8, 4) is 5.75 Å². The molecule has 106 valence electrons. The summed E-state index contributed by atoms with van der Waals surface area (Å²) in [5, 5.41) is 2.93. The summed E-state index contributed by atoms with van der Waals surface area (Å²) in [5.41, 5.74) is 6.84. The lowest BCUT2D eigenvalue weighted by Crippen LogP contribution is -2.44. The van der Waals surface area contributed by atoms with Gasteiger partial charge in [-0.25, -0.2) is 0 Å². The average molecular weight is 264 g/mol. The van der Waals surface area contributed by atoms with Crippen LogP contribution in [0.1, 0.15) is 39.3 Å². The van der Waals surface area contributed by atoms with Crippen molar-refractivity contribution in [1.29, 1.82) is 0 Å². The Bertz CT molecular complexity index is 418. The minimum absolute atomic E-state index is 0.0855. The van der Waals surface area contributed by atoms with Gasteiger partial charge >= 0.3 is 0 Å². The second kappa shape index (κ2) is 7.14. The van der Waals surface area contributed by atoms with Gasteiger partial charge in [0.15, 0.2) is 0 Å². The molecule has 0 saturated heterocycles. The Hall–Kier alpha value is -1.55. The summed E-state index contributed by atoms with van der Waals surface area (Å²) in [7, 11) is 0. The number of ether oxygens (including phenoxy) is 1. The number of amides is 1. The molecule has 1 aromatic rings. The minimum Gasteiger partial charge on any atom is -0.494 e. The Morgan fingerprint density at radius 1 is 1.37 bits per heavy atom. The molecule has 1 rings (SSSR count). The van der Waals surface area contributed by atoms with E-state index in [1.165, 1.54) is 0 Å². The molecular formula is C15H24N2O2. The highest BCUT2D eigenvalue weighted by molar-refractivity contribution is 5.82. The van der Waals surface area contributed by atoms with Crippen molar-refractivity contribution >= 4 is 5.91 Å². The van der Waals surface area contributed by atoms with E-state index in [9.17, 15) is 4.79 Å². The second-order valence-electron chi connectivity index (χ2n) is 5.01. The molecule has 19 heavy (non-hydrogen) atoms. The number of hydrogen-bond acceptors (Lipinski definition) is 3. The monoisotopic (exact) mass is 264 g/mol. The number of nitrogens with two attached hydrogens (primary N) is 1. The summed E-state index contributed by atoms with van der Waals surface area (Å²) in [6.45, 7) is 8.38. The van der Waals surface area contributed by atoms with E-state index < -0.39 is 6.04 Å². The molecule has 0 heterocycles. The van der Waals surface area contributed by atoms with Gasteiger partial charge in [-0.05, 0) is 37.5 Å². The molecule has 4 heteroatoms. The molecule has 3 N–H and O–H groups in total. The lowest BCUT2D eigenvalue weighted by atomic mass is 10.0. The molecule has 1 aromatic carbocycles. The fraction of sp³-hybridized carbons (Fsp3) is 0.533. The zero-order valence-electron chi connectivity index (χ0n) is 12.1. The van der Waals surface area contributed by atoms with E-state index in [1.54, 1.807) is 0 Å². The van der Waals surface area contributed by atoms with Crippen LogP contribution < -0.4 is 15.8 Å². The standard InChI is InChI=1S/C15H24N2O2/c1-5-19-13-8-6-7-12(9-13)11(4)17-15(18)14(16)10(2)3/h6-11,14H,5,16H2,1-4H3,(H,17,18)/t11-,14+/m0/s1. The lowest BCUT2D eigenvalue weighted by Gasteiger charge is -2.20. The van der Waals surface area contributed by atoms with E-state index in [4.69, 9.17) is 10.5 Å². The summed E-state index contributed by atoms with van der Waals surface area (Å²) in [6, 6.07) is 7.17. The van der Waals surface area contributed by atoms with Gasteiger partial charge in [0, 0.05) is 0 Å². The Balaban J connectivity index is 2.69. The SMILES string of the molecule is CCOc1cccc([C@H](C)NC(=O)[C@H](N)C(C)C)c1. The Morgan fingerprint density at radius 2 is 2.05 bits per heavy atom. The van der Waals surface area contributed by atoms with E-state index in [0.717, 1.165) is 11.3 Å². The predicted octanol–water partition coefficient (Wildman–Crippen LogP) is 2.25. The van der Waals surface area contributed by atoms with E-state index in [-0.39, 0.29) is 17.9 Å². The molecule has 0 spiro atoms. The van der Waals surface area contributed by atoms with Crippen LogP contribution >= 0.6 is 0 Å². The van der Waals surface area contributed by atoms with Crippen molar-refractivity contribution in [3.63, 3.8) is 0 Å². The number of carbonyl (C=O) groups excluding carboxylic acids is 1. The molecule has 0 bridgehead atoms. The van der Waals surface area contributed by atoms with Crippen LogP contribution in [0.3, 0.4) is 0 Å². The average Bonchev–Trinajstić information content (AvgIpc) is 2.38. The summed E-state index contributed by atoms with van der Waals surface area (Å²) in [6.07, 6.45) is 0. The van der Waals surface area contributed by atoms with Gasteiger partial charge in [0.05, 0.1) is 18.7 Å². The van der Waals surface area contributed by atoms with Gasteiger partial charge in [-0.2, -0.15) is 0 Å². The van der Waals surface area contributed by atoms with Crippen LogP contribution in [-0.4, -0.2) is 18.6 Å². The van der Waals surface area contributed by atoms with Gasteiger partial charge in [0.2, 0.25) is 5.91 Å².